The van der Waals surface area contributed by atoms with E-state index in [1.807, 2.05) is 24.3 Å². The van der Waals surface area contributed by atoms with Crippen molar-refractivity contribution in [2.45, 2.75) is 26.8 Å². The zero-order chi connectivity index (χ0) is 20.0. The number of amides is 1. The molecule has 0 fully saturated rings. The number of carbonyl (C=O) groups excluding carboxylic acids is 1. The lowest BCUT2D eigenvalue weighted by molar-refractivity contribution is -0.116. The zero-order valence-electron chi connectivity index (χ0n) is 15.6. The lowest BCUT2D eigenvalue weighted by Gasteiger charge is -2.07. The van der Waals surface area contributed by atoms with Gasteiger partial charge in [-0.25, -0.2) is 23.4 Å². The number of rotatable bonds is 4. The third kappa shape index (κ3) is 2.98. The molecule has 1 amide bonds. The van der Waals surface area contributed by atoms with Crippen molar-refractivity contribution in [3.8, 4) is 0 Å². The summed E-state index contributed by atoms with van der Waals surface area (Å²) in [5.74, 6) is 0.0292. The minimum atomic E-state index is -2.64. The monoisotopic (exact) mass is 384 g/mol. The Hall–Kier alpha value is -3.36. The number of nitrogens with one attached hydrogen (secondary N) is 1. The van der Waals surface area contributed by atoms with Gasteiger partial charge in [0.25, 0.3) is 6.43 Å². The van der Waals surface area contributed by atoms with E-state index in [2.05, 4.69) is 20.4 Å². The van der Waals surface area contributed by atoms with Crippen LogP contribution in [-0.4, -0.2) is 30.2 Å². The molecule has 9 heteroatoms. The zero-order valence-corrected chi connectivity index (χ0v) is 15.6. The Morgan fingerprint density at radius 3 is 2.68 bits per heavy atom. The Kier molecular flexibility index (Phi) is 4.29. The fraction of sp³-hybridized carbons (Fsp3) is 0.263. The molecule has 0 spiro atoms. The number of para-hydroxylation sites is 2. The first-order valence-corrected chi connectivity index (χ1v) is 8.69. The number of aromatic nitrogens is 5. The summed E-state index contributed by atoms with van der Waals surface area (Å²) in [6.07, 6.45) is -2.64. The van der Waals surface area contributed by atoms with Crippen LogP contribution in [0.25, 0.3) is 22.1 Å². The van der Waals surface area contributed by atoms with Crippen LogP contribution in [0.2, 0.25) is 0 Å². The highest BCUT2D eigenvalue weighted by molar-refractivity contribution is 5.92. The Morgan fingerprint density at radius 2 is 1.96 bits per heavy atom. The topological polar surface area (TPSA) is 77.6 Å². The molecular weight excluding hydrogens is 366 g/mol. The van der Waals surface area contributed by atoms with E-state index in [4.69, 9.17) is 0 Å². The van der Waals surface area contributed by atoms with Crippen LogP contribution >= 0.6 is 0 Å². The average molecular weight is 384 g/mol. The van der Waals surface area contributed by atoms with Crippen LogP contribution in [0.3, 0.4) is 0 Å². The van der Waals surface area contributed by atoms with E-state index in [9.17, 15) is 13.6 Å². The van der Waals surface area contributed by atoms with Gasteiger partial charge in [-0.05, 0) is 32.0 Å². The van der Waals surface area contributed by atoms with Crippen LogP contribution in [0, 0.1) is 13.8 Å². The standard InChI is InChI=1S/C19H18F2N6O/c1-10-8-12(17(20)21)16-11(2)25-27(18(16)22-10)9-15(28)24-19-23-13-6-4-5-7-14(13)26(19)3/h4-8,17H,9H2,1-3H3,(H,23,24,28). The average Bonchev–Trinajstić information content (AvgIpc) is 3.12. The molecule has 28 heavy (non-hydrogen) atoms. The second-order valence-electron chi connectivity index (χ2n) is 6.63. The van der Waals surface area contributed by atoms with Crippen molar-refractivity contribution in [3.05, 3.63) is 47.3 Å². The van der Waals surface area contributed by atoms with Crippen molar-refractivity contribution in [1.29, 1.82) is 0 Å². The minimum Gasteiger partial charge on any atom is -0.313 e. The minimum absolute atomic E-state index is 0.123. The molecule has 0 atom stereocenters. The summed E-state index contributed by atoms with van der Waals surface area (Å²) in [7, 11) is 1.80. The molecule has 0 radical (unpaired) electrons. The maximum absolute atomic E-state index is 13.4. The molecule has 4 aromatic rings. The van der Waals surface area contributed by atoms with E-state index in [0.29, 0.717) is 17.3 Å². The largest absolute Gasteiger partial charge is 0.313 e. The molecule has 0 saturated heterocycles. The number of pyridine rings is 1. The molecular formula is C19H18F2N6O. The fourth-order valence-electron chi connectivity index (χ4n) is 3.36. The number of alkyl halides is 2. The van der Waals surface area contributed by atoms with Crippen LogP contribution in [0.1, 0.15) is 23.4 Å². The molecule has 0 aliphatic heterocycles. The van der Waals surface area contributed by atoms with Gasteiger partial charge in [0.05, 0.1) is 22.1 Å². The molecule has 0 aliphatic rings. The number of aryl methyl sites for hydroxylation is 3. The molecule has 7 nitrogen and oxygen atoms in total. The number of hydrogen-bond acceptors (Lipinski definition) is 4. The summed E-state index contributed by atoms with van der Waals surface area (Å²) < 4.78 is 29.9. The molecule has 0 saturated carbocycles. The molecule has 144 valence electrons. The van der Waals surface area contributed by atoms with Crippen molar-refractivity contribution in [1.82, 2.24) is 24.3 Å². The van der Waals surface area contributed by atoms with Crippen LogP contribution in [0.4, 0.5) is 14.7 Å². The highest BCUT2D eigenvalue weighted by Crippen LogP contribution is 2.30. The molecule has 0 bridgehead atoms. The van der Waals surface area contributed by atoms with Crippen LogP contribution in [-0.2, 0) is 18.4 Å². The number of nitrogens with zero attached hydrogens (tertiary/aromatic N) is 5. The third-order valence-corrected chi connectivity index (χ3v) is 4.60. The lowest BCUT2D eigenvalue weighted by Crippen LogP contribution is -2.21. The summed E-state index contributed by atoms with van der Waals surface area (Å²) in [4.78, 5) is 21.3. The normalized spacial score (nSPS) is 11.6. The molecule has 3 heterocycles. The van der Waals surface area contributed by atoms with Gasteiger partial charge in [-0.15, -0.1) is 0 Å². The van der Waals surface area contributed by atoms with Crippen LogP contribution in [0.5, 0.6) is 0 Å². The first-order valence-electron chi connectivity index (χ1n) is 8.69. The van der Waals surface area contributed by atoms with Crippen molar-refractivity contribution in [2.75, 3.05) is 5.32 Å². The fourth-order valence-corrected chi connectivity index (χ4v) is 3.36. The van der Waals surface area contributed by atoms with E-state index in [0.717, 1.165) is 11.0 Å². The summed E-state index contributed by atoms with van der Waals surface area (Å²) in [5, 5.41) is 7.29. The Bertz CT molecular complexity index is 1210. The van der Waals surface area contributed by atoms with Gasteiger partial charge in [-0.2, -0.15) is 5.10 Å². The molecule has 1 N–H and O–H groups in total. The van der Waals surface area contributed by atoms with Gasteiger partial charge in [-0.3, -0.25) is 10.1 Å². The quantitative estimate of drug-likeness (QED) is 0.584. The highest BCUT2D eigenvalue weighted by atomic mass is 19.3. The van der Waals surface area contributed by atoms with Crippen molar-refractivity contribution < 1.29 is 13.6 Å². The number of halogens is 2. The molecule has 1 aromatic carbocycles. The van der Waals surface area contributed by atoms with E-state index in [1.165, 1.54) is 10.7 Å². The Labute approximate surface area is 159 Å². The molecule has 3 aromatic heterocycles. The summed E-state index contributed by atoms with van der Waals surface area (Å²) >= 11 is 0. The maximum Gasteiger partial charge on any atom is 0.264 e. The summed E-state index contributed by atoms with van der Waals surface area (Å²) in [6.45, 7) is 3.11. The predicted molar refractivity (Wildman–Crippen MR) is 101 cm³/mol. The highest BCUT2D eigenvalue weighted by Gasteiger charge is 2.21. The SMILES string of the molecule is Cc1cc(C(F)F)c2c(C)nn(CC(=O)Nc3nc4ccccc4n3C)c2n1. The molecule has 0 unspecified atom stereocenters. The van der Waals surface area contributed by atoms with Gasteiger partial charge in [0.2, 0.25) is 11.9 Å². The van der Waals surface area contributed by atoms with Gasteiger partial charge >= 0.3 is 0 Å². The molecule has 0 aliphatic carbocycles. The number of anilines is 1. The number of hydrogen-bond donors (Lipinski definition) is 1. The number of fused-ring (bicyclic) bond motifs is 2. The van der Waals surface area contributed by atoms with Crippen LogP contribution in [0.15, 0.2) is 30.3 Å². The van der Waals surface area contributed by atoms with E-state index in [1.54, 1.807) is 25.5 Å². The first kappa shape index (κ1) is 18.0. The second-order valence-corrected chi connectivity index (χ2v) is 6.63. The van der Waals surface area contributed by atoms with Gasteiger partial charge in [0.1, 0.15) is 6.54 Å². The summed E-state index contributed by atoms with van der Waals surface area (Å²) in [6, 6.07) is 8.87. The summed E-state index contributed by atoms with van der Waals surface area (Å²) in [5.41, 5.74) is 2.65. The van der Waals surface area contributed by atoms with Crippen LogP contribution < -0.4 is 5.32 Å². The number of carbonyl (C=O) groups is 1. The number of imidazole rings is 1. The Morgan fingerprint density at radius 1 is 1.21 bits per heavy atom. The van der Waals surface area contributed by atoms with Gasteiger partial charge < -0.3 is 4.57 Å². The predicted octanol–water partition coefficient (Wildman–Crippen LogP) is 3.51. The van der Waals surface area contributed by atoms with Gasteiger partial charge in [0, 0.05) is 18.3 Å². The third-order valence-electron chi connectivity index (χ3n) is 4.60. The molecule has 4 rings (SSSR count). The van der Waals surface area contributed by atoms with Gasteiger partial charge in [-0.1, -0.05) is 12.1 Å². The van der Waals surface area contributed by atoms with E-state index in [-0.39, 0.29) is 29.0 Å². The Balaban J connectivity index is 1.66. The van der Waals surface area contributed by atoms with E-state index < -0.39 is 6.43 Å². The maximum atomic E-state index is 13.4. The lowest BCUT2D eigenvalue weighted by atomic mass is 10.1. The van der Waals surface area contributed by atoms with E-state index >= 15 is 0 Å². The second kappa shape index (κ2) is 6.66. The smallest absolute Gasteiger partial charge is 0.264 e. The first-order chi connectivity index (χ1) is 13.3. The van der Waals surface area contributed by atoms with Gasteiger partial charge in [0.15, 0.2) is 5.65 Å². The van der Waals surface area contributed by atoms with Crippen molar-refractivity contribution in [3.63, 3.8) is 0 Å². The van der Waals surface area contributed by atoms with Crippen molar-refractivity contribution >= 4 is 33.9 Å². The number of benzene rings is 1. The van der Waals surface area contributed by atoms with Crippen molar-refractivity contribution in [2.24, 2.45) is 7.05 Å².